The van der Waals surface area contributed by atoms with Gasteiger partial charge in [-0.25, -0.2) is 4.98 Å². The third kappa shape index (κ3) is 1.47. The molecule has 4 aromatic rings. The second-order valence-electron chi connectivity index (χ2n) is 4.56. The van der Waals surface area contributed by atoms with Crippen LogP contribution in [0.4, 0.5) is 0 Å². The zero-order valence-electron chi connectivity index (χ0n) is 10.6. The Labute approximate surface area is 114 Å². The van der Waals surface area contributed by atoms with Crippen LogP contribution in [0.1, 0.15) is 5.69 Å². The van der Waals surface area contributed by atoms with E-state index in [9.17, 15) is 0 Å². The standard InChI is InChI=1S/C15H11N5/c16-8-9-3-4-11-13-12(18-6-7-19-13)10-2-1-5-17-14(10)15(11)20-9/h1-7H,8,16H2. The maximum Gasteiger partial charge on any atom is 0.0991 e. The summed E-state index contributed by atoms with van der Waals surface area (Å²) in [6.45, 7) is 0.406. The SMILES string of the molecule is NCc1ccc2c3nccnc3c3cccnc3c2n1. The first-order valence-corrected chi connectivity index (χ1v) is 6.35. The lowest BCUT2D eigenvalue weighted by Crippen LogP contribution is -2.00. The molecule has 4 rings (SSSR count). The van der Waals surface area contributed by atoms with Gasteiger partial charge < -0.3 is 5.73 Å². The zero-order valence-corrected chi connectivity index (χ0v) is 10.6. The van der Waals surface area contributed by atoms with Gasteiger partial charge in [0.1, 0.15) is 0 Å². The Bertz CT molecular complexity index is 913. The van der Waals surface area contributed by atoms with E-state index in [1.54, 1.807) is 18.6 Å². The van der Waals surface area contributed by atoms with E-state index in [1.807, 2.05) is 24.3 Å². The van der Waals surface area contributed by atoms with Gasteiger partial charge in [0.2, 0.25) is 0 Å². The van der Waals surface area contributed by atoms with E-state index in [0.717, 1.165) is 38.5 Å². The summed E-state index contributed by atoms with van der Waals surface area (Å²) in [7, 11) is 0. The van der Waals surface area contributed by atoms with E-state index in [4.69, 9.17) is 5.73 Å². The fourth-order valence-electron chi connectivity index (χ4n) is 2.50. The molecule has 20 heavy (non-hydrogen) atoms. The van der Waals surface area contributed by atoms with Crippen LogP contribution in [0.15, 0.2) is 42.9 Å². The number of pyridine rings is 2. The first-order valence-electron chi connectivity index (χ1n) is 6.35. The van der Waals surface area contributed by atoms with Gasteiger partial charge >= 0.3 is 0 Å². The lowest BCUT2D eigenvalue weighted by molar-refractivity contribution is 1.01. The Kier molecular flexibility index (Phi) is 2.34. The molecular formula is C15H11N5. The molecule has 5 heteroatoms. The van der Waals surface area contributed by atoms with Crippen molar-refractivity contribution >= 4 is 32.8 Å². The average Bonchev–Trinajstić information content (AvgIpc) is 2.54. The topological polar surface area (TPSA) is 77.6 Å². The number of nitrogens with zero attached hydrogens (tertiary/aromatic N) is 4. The molecule has 0 radical (unpaired) electrons. The van der Waals surface area contributed by atoms with E-state index in [1.165, 1.54) is 0 Å². The van der Waals surface area contributed by atoms with Gasteiger partial charge in [-0.15, -0.1) is 0 Å². The van der Waals surface area contributed by atoms with Crippen molar-refractivity contribution in [2.75, 3.05) is 0 Å². The minimum atomic E-state index is 0.406. The number of benzene rings is 1. The third-order valence-corrected chi connectivity index (χ3v) is 3.40. The molecule has 0 spiro atoms. The van der Waals surface area contributed by atoms with Crippen molar-refractivity contribution in [2.24, 2.45) is 5.73 Å². The van der Waals surface area contributed by atoms with Gasteiger partial charge in [-0.1, -0.05) is 0 Å². The summed E-state index contributed by atoms with van der Waals surface area (Å²) in [6.07, 6.45) is 5.16. The Hall–Kier alpha value is -2.66. The number of hydrogen-bond donors (Lipinski definition) is 1. The maximum atomic E-state index is 5.69. The van der Waals surface area contributed by atoms with Gasteiger partial charge in [0, 0.05) is 35.9 Å². The second-order valence-corrected chi connectivity index (χ2v) is 4.56. The zero-order chi connectivity index (χ0) is 13.5. The fraction of sp³-hybridized carbons (Fsp3) is 0.0667. The molecule has 0 unspecified atom stereocenters. The summed E-state index contributed by atoms with van der Waals surface area (Å²) < 4.78 is 0. The fourth-order valence-corrected chi connectivity index (χ4v) is 2.50. The second kappa shape index (κ2) is 4.18. The Balaban J connectivity index is 2.35. The molecule has 0 saturated heterocycles. The number of aromatic nitrogens is 4. The van der Waals surface area contributed by atoms with Gasteiger partial charge in [-0.2, -0.15) is 0 Å². The maximum absolute atomic E-state index is 5.69. The summed E-state index contributed by atoms with van der Waals surface area (Å²) in [4.78, 5) is 18.0. The van der Waals surface area contributed by atoms with E-state index >= 15 is 0 Å². The highest BCUT2D eigenvalue weighted by Crippen LogP contribution is 2.30. The van der Waals surface area contributed by atoms with Gasteiger partial charge in [-0.3, -0.25) is 15.0 Å². The highest BCUT2D eigenvalue weighted by Gasteiger charge is 2.12. The number of rotatable bonds is 1. The molecule has 0 amide bonds. The number of nitrogens with two attached hydrogens (primary N) is 1. The van der Waals surface area contributed by atoms with Gasteiger partial charge in [0.15, 0.2) is 0 Å². The quantitative estimate of drug-likeness (QED) is 0.531. The van der Waals surface area contributed by atoms with Crippen LogP contribution in [-0.4, -0.2) is 19.9 Å². The summed E-state index contributed by atoms with van der Waals surface area (Å²) in [5.41, 5.74) is 9.89. The van der Waals surface area contributed by atoms with Crippen LogP contribution in [0.25, 0.3) is 32.8 Å². The Morgan fingerprint density at radius 1 is 0.750 bits per heavy atom. The van der Waals surface area contributed by atoms with Crippen molar-refractivity contribution in [2.45, 2.75) is 6.54 Å². The van der Waals surface area contributed by atoms with Gasteiger partial charge in [0.05, 0.1) is 27.8 Å². The Morgan fingerprint density at radius 2 is 1.40 bits per heavy atom. The highest BCUT2D eigenvalue weighted by molar-refractivity contribution is 6.20. The smallest absolute Gasteiger partial charge is 0.0991 e. The molecule has 0 aliphatic heterocycles. The van der Waals surface area contributed by atoms with Crippen LogP contribution in [-0.2, 0) is 6.54 Å². The predicted octanol–water partition coefficient (Wildman–Crippen LogP) is 2.18. The molecule has 0 aliphatic rings. The van der Waals surface area contributed by atoms with Crippen molar-refractivity contribution in [3.8, 4) is 0 Å². The van der Waals surface area contributed by atoms with Crippen LogP contribution in [0.2, 0.25) is 0 Å². The minimum absolute atomic E-state index is 0.406. The highest BCUT2D eigenvalue weighted by atomic mass is 14.8. The molecule has 1 aromatic carbocycles. The lowest BCUT2D eigenvalue weighted by Gasteiger charge is -2.08. The van der Waals surface area contributed by atoms with Crippen LogP contribution < -0.4 is 5.73 Å². The molecule has 3 aromatic heterocycles. The normalized spacial score (nSPS) is 11.4. The lowest BCUT2D eigenvalue weighted by atomic mass is 10.1. The molecule has 0 atom stereocenters. The average molecular weight is 261 g/mol. The van der Waals surface area contributed by atoms with Crippen molar-refractivity contribution in [1.29, 1.82) is 0 Å². The van der Waals surface area contributed by atoms with Crippen LogP contribution in [0.5, 0.6) is 0 Å². The van der Waals surface area contributed by atoms with Crippen molar-refractivity contribution in [1.82, 2.24) is 19.9 Å². The van der Waals surface area contributed by atoms with Crippen molar-refractivity contribution in [3.05, 3.63) is 48.5 Å². The molecule has 2 N–H and O–H groups in total. The molecule has 0 fully saturated rings. The van der Waals surface area contributed by atoms with Gasteiger partial charge in [-0.05, 0) is 24.3 Å². The minimum Gasteiger partial charge on any atom is -0.325 e. The summed E-state index contributed by atoms with van der Waals surface area (Å²) in [5, 5.41) is 1.92. The third-order valence-electron chi connectivity index (χ3n) is 3.40. The summed E-state index contributed by atoms with van der Waals surface area (Å²) in [6, 6.07) is 7.81. The summed E-state index contributed by atoms with van der Waals surface area (Å²) in [5.74, 6) is 0. The largest absolute Gasteiger partial charge is 0.325 e. The number of hydrogen-bond acceptors (Lipinski definition) is 5. The number of fused-ring (bicyclic) bond motifs is 6. The van der Waals surface area contributed by atoms with E-state index < -0.39 is 0 Å². The summed E-state index contributed by atoms with van der Waals surface area (Å²) >= 11 is 0. The first-order chi connectivity index (χ1) is 9.88. The van der Waals surface area contributed by atoms with Crippen LogP contribution >= 0.6 is 0 Å². The molecule has 96 valence electrons. The van der Waals surface area contributed by atoms with Gasteiger partial charge in [0.25, 0.3) is 0 Å². The first kappa shape index (κ1) is 11.2. The molecule has 0 bridgehead atoms. The van der Waals surface area contributed by atoms with E-state index in [2.05, 4.69) is 19.9 Å². The molecule has 3 heterocycles. The molecule has 0 aliphatic carbocycles. The Morgan fingerprint density at radius 3 is 2.15 bits per heavy atom. The molecular weight excluding hydrogens is 250 g/mol. The predicted molar refractivity (Wildman–Crippen MR) is 78.0 cm³/mol. The van der Waals surface area contributed by atoms with E-state index in [-0.39, 0.29) is 0 Å². The van der Waals surface area contributed by atoms with E-state index in [0.29, 0.717) is 6.54 Å². The van der Waals surface area contributed by atoms with Crippen LogP contribution in [0.3, 0.4) is 0 Å². The molecule has 0 saturated carbocycles. The molecule has 5 nitrogen and oxygen atoms in total. The van der Waals surface area contributed by atoms with Crippen LogP contribution in [0, 0.1) is 0 Å². The van der Waals surface area contributed by atoms with Crippen molar-refractivity contribution < 1.29 is 0 Å². The van der Waals surface area contributed by atoms with Crippen molar-refractivity contribution in [3.63, 3.8) is 0 Å². The monoisotopic (exact) mass is 261 g/mol.